The number of amides is 1. The third-order valence-corrected chi connectivity index (χ3v) is 5.86. The first-order valence-electron chi connectivity index (χ1n) is 10.4. The van der Waals surface area contributed by atoms with Crippen LogP contribution < -0.4 is 10.1 Å². The Kier molecular flexibility index (Phi) is 6.91. The fraction of sp³-hybridized carbons (Fsp3) is 0.273. The second-order valence-electron chi connectivity index (χ2n) is 7.59. The number of methoxy groups -OCH3 is 1. The van der Waals surface area contributed by atoms with Gasteiger partial charge in [-0.1, -0.05) is 35.3 Å². The van der Waals surface area contributed by atoms with Crippen LogP contribution in [0.3, 0.4) is 0 Å². The molecule has 0 saturated carbocycles. The predicted molar refractivity (Wildman–Crippen MR) is 124 cm³/mol. The summed E-state index contributed by atoms with van der Waals surface area (Å²) in [5.41, 5.74) is -0.683. The van der Waals surface area contributed by atoms with Crippen LogP contribution in [-0.2, 0) is 12.7 Å². The molecular formula is C22H19Cl2F3N6O2. The van der Waals surface area contributed by atoms with Crippen LogP contribution in [0.2, 0.25) is 10.0 Å². The van der Waals surface area contributed by atoms with E-state index in [1.807, 2.05) is 0 Å². The van der Waals surface area contributed by atoms with E-state index in [2.05, 4.69) is 20.5 Å². The third kappa shape index (κ3) is 5.20. The number of nitrogens with one attached hydrogen (secondary N) is 1. The lowest BCUT2D eigenvalue weighted by molar-refractivity contribution is -0.142. The van der Waals surface area contributed by atoms with Gasteiger partial charge in [0.2, 0.25) is 0 Å². The van der Waals surface area contributed by atoms with E-state index < -0.39 is 17.8 Å². The van der Waals surface area contributed by atoms with E-state index in [0.717, 1.165) is 6.07 Å². The lowest BCUT2D eigenvalue weighted by Crippen LogP contribution is -2.26. The van der Waals surface area contributed by atoms with Gasteiger partial charge >= 0.3 is 6.18 Å². The Morgan fingerprint density at radius 3 is 2.63 bits per heavy atom. The number of fused-ring (bicyclic) bond motifs is 1. The van der Waals surface area contributed by atoms with Crippen molar-refractivity contribution in [3.05, 3.63) is 63.7 Å². The van der Waals surface area contributed by atoms with Gasteiger partial charge in [-0.05, 0) is 31.5 Å². The number of hydrogen-bond acceptors (Lipinski definition) is 5. The van der Waals surface area contributed by atoms with Crippen molar-refractivity contribution in [2.45, 2.75) is 26.1 Å². The molecule has 3 heterocycles. The van der Waals surface area contributed by atoms with Gasteiger partial charge in [-0.15, -0.1) is 0 Å². The lowest BCUT2D eigenvalue weighted by Gasteiger charge is -2.11. The predicted octanol–water partition coefficient (Wildman–Crippen LogP) is 5.06. The van der Waals surface area contributed by atoms with E-state index in [-0.39, 0.29) is 28.6 Å². The van der Waals surface area contributed by atoms with Gasteiger partial charge in [0.25, 0.3) is 5.91 Å². The minimum Gasteiger partial charge on any atom is -0.497 e. The maximum absolute atomic E-state index is 13.9. The molecule has 0 aliphatic heterocycles. The third-order valence-electron chi connectivity index (χ3n) is 5.14. The van der Waals surface area contributed by atoms with Crippen molar-refractivity contribution in [3.8, 4) is 17.0 Å². The smallest absolute Gasteiger partial charge is 0.433 e. The van der Waals surface area contributed by atoms with Gasteiger partial charge in [0, 0.05) is 24.8 Å². The summed E-state index contributed by atoms with van der Waals surface area (Å²) in [4.78, 5) is 16.9. The number of hydrogen-bond donors (Lipinski definition) is 1. The maximum atomic E-state index is 13.9. The van der Waals surface area contributed by atoms with Gasteiger partial charge in [-0.2, -0.15) is 23.4 Å². The van der Waals surface area contributed by atoms with Crippen molar-refractivity contribution >= 4 is 34.8 Å². The molecule has 0 aliphatic rings. The summed E-state index contributed by atoms with van der Waals surface area (Å²) in [5, 5.41) is 10.9. The minimum atomic E-state index is -4.78. The molecular weight excluding hydrogens is 508 g/mol. The van der Waals surface area contributed by atoms with E-state index >= 15 is 0 Å². The van der Waals surface area contributed by atoms with E-state index in [9.17, 15) is 18.0 Å². The first kappa shape index (κ1) is 24.8. The molecule has 0 atom stereocenters. The van der Waals surface area contributed by atoms with Crippen LogP contribution in [0.25, 0.3) is 16.9 Å². The summed E-state index contributed by atoms with van der Waals surface area (Å²) in [5.74, 6) is -0.267. The van der Waals surface area contributed by atoms with Crippen molar-refractivity contribution in [3.63, 3.8) is 0 Å². The molecule has 0 saturated heterocycles. The van der Waals surface area contributed by atoms with Crippen LogP contribution in [0.1, 0.15) is 28.3 Å². The number of halogens is 5. The molecule has 184 valence electrons. The number of rotatable bonds is 7. The fourth-order valence-corrected chi connectivity index (χ4v) is 3.80. The van der Waals surface area contributed by atoms with E-state index in [0.29, 0.717) is 39.5 Å². The Hall–Kier alpha value is -3.31. The number of aromatic nitrogens is 5. The Labute approximate surface area is 207 Å². The highest BCUT2D eigenvalue weighted by Crippen LogP contribution is 2.35. The number of benzene rings is 1. The standard InChI is InChI=1S/C22H19Cl2F3N6O2/c1-12-15(23)11-32(30-12)8-4-7-28-21(34)19-18(24)20-29-16(13-5-3-6-14(9-13)35-2)10-17(22(25,26)27)33(20)31-19/h3,5-6,9-11H,4,7-8H2,1-2H3,(H,28,34). The molecule has 0 bridgehead atoms. The number of ether oxygens (including phenoxy) is 1. The SMILES string of the molecule is COc1cccc(-c2cc(C(F)(F)F)n3nc(C(=O)NCCCn4cc(Cl)c(C)n4)c(Cl)c3n2)c1. The van der Waals surface area contributed by atoms with Gasteiger partial charge in [0.05, 0.1) is 23.5 Å². The molecule has 1 aromatic carbocycles. The lowest BCUT2D eigenvalue weighted by atomic mass is 10.1. The number of carbonyl (C=O) groups excluding carboxylic acids is 1. The normalized spacial score (nSPS) is 11.7. The van der Waals surface area contributed by atoms with Crippen LogP contribution in [0, 0.1) is 6.92 Å². The van der Waals surface area contributed by atoms with E-state index in [4.69, 9.17) is 27.9 Å². The monoisotopic (exact) mass is 526 g/mol. The van der Waals surface area contributed by atoms with Crippen molar-refractivity contribution in [1.82, 2.24) is 29.7 Å². The van der Waals surface area contributed by atoms with Crippen molar-refractivity contribution in [2.24, 2.45) is 0 Å². The van der Waals surface area contributed by atoms with Gasteiger partial charge in [0.1, 0.15) is 10.8 Å². The Morgan fingerprint density at radius 1 is 1.20 bits per heavy atom. The van der Waals surface area contributed by atoms with Crippen molar-refractivity contribution in [2.75, 3.05) is 13.7 Å². The first-order valence-corrected chi connectivity index (χ1v) is 11.1. The van der Waals surface area contributed by atoms with Crippen LogP contribution in [0.4, 0.5) is 13.2 Å². The summed E-state index contributed by atoms with van der Waals surface area (Å²) >= 11 is 12.3. The molecule has 0 spiro atoms. The summed E-state index contributed by atoms with van der Waals surface area (Å²) in [6.07, 6.45) is -2.61. The highest BCUT2D eigenvalue weighted by atomic mass is 35.5. The largest absolute Gasteiger partial charge is 0.497 e. The number of nitrogens with zero attached hydrogens (tertiary/aromatic N) is 5. The minimum absolute atomic E-state index is 0.00524. The van der Waals surface area contributed by atoms with Gasteiger partial charge in [0.15, 0.2) is 17.0 Å². The zero-order valence-corrected chi connectivity index (χ0v) is 20.0. The van der Waals surface area contributed by atoms with Gasteiger partial charge in [-0.3, -0.25) is 9.48 Å². The van der Waals surface area contributed by atoms with Gasteiger partial charge < -0.3 is 10.1 Å². The summed E-state index contributed by atoms with van der Waals surface area (Å²) in [6.45, 7) is 2.47. The maximum Gasteiger partial charge on any atom is 0.433 e. The molecule has 0 aliphatic carbocycles. The van der Waals surface area contributed by atoms with Crippen LogP contribution in [-0.4, -0.2) is 43.9 Å². The van der Waals surface area contributed by atoms with E-state index in [1.54, 1.807) is 42.1 Å². The molecule has 8 nitrogen and oxygen atoms in total. The zero-order chi connectivity index (χ0) is 25.3. The molecule has 0 fully saturated rings. The van der Waals surface area contributed by atoms with E-state index in [1.165, 1.54) is 7.11 Å². The molecule has 13 heteroatoms. The zero-order valence-electron chi connectivity index (χ0n) is 18.5. The molecule has 0 unspecified atom stereocenters. The average Bonchev–Trinajstić information content (AvgIpc) is 3.33. The fourth-order valence-electron chi connectivity index (χ4n) is 3.40. The van der Waals surface area contributed by atoms with Gasteiger partial charge in [-0.25, -0.2) is 9.50 Å². The second kappa shape index (κ2) is 9.74. The number of carbonyl (C=O) groups is 1. The number of alkyl halides is 3. The first-order chi connectivity index (χ1) is 16.6. The summed E-state index contributed by atoms with van der Waals surface area (Å²) in [6, 6.07) is 7.27. The van der Waals surface area contributed by atoms with Crippen LogP contribution in [0.5, 0.6) is 5.75 Å². The molecule has 1 N–H and O–H groups in total. The molecule has 0 radical (unpaired) electrons. The van der Waals surface area contributed by atoms with Crippen LogP contribution in [0.15, 0.2) is 36.5 Å². The molecule has 1 amide bonds. The molecule has 3 aromatic heterocycles. The number of aryl methyl sites for hydroxylation is 2. The topological polar surface area (TPSA) is 86.3 Å². The highest BCUT2D eigenvalue weighted by Gasteiger charge is 2.36. The summed E-state index contributed by atoms with van der Waals surface area (Å²) < 4.78 is 48.9. The highest BCUT2D eigenvalue weighted by molar-refractivity contribution is 6.36. The average molecular weight is 527 g/mol. The van der Waals surface area contributed by atoms with Crippen molar-refractivity contribution < 1.29 is 22.7 Å². The molecule has 35 heavy (non-hydrogen) atoms. The molecule has 4 rings (SSSR count). The quantitative estimate of drug-likeness (QED) is 0.340. The summed E-state index contributed by atoms with van der Waals surface area (Å²) in [7, 11) is 1.45. The van der Waals surface area contributed by atoms with Crippen molar-refractivity contribution in [1.29, 1.82) is 0 Å². The Balaban J connectivity index is 1.61. The Bertz CT molecular complexity index is 1380. The second-order valence-corrected chi connectivity index (χ2v) is 8.37. The van der Waals surface area contributed by atoms with Crippen LogP contribution >= 0.6 is 23.2 Å². The Morgan fingerprint density at radius 2 is 1.97 bits per heavy atom. The molecule has 4 aromatic rings.